The van der Waals surface area contributed by atoms with Gasteiger partial charge >= 0.3 is 6.09 Å². The largest absolute Gasteiger partial charge is 0.444 e. The van der Waals surface area contributed by atoms with Gasteiger partial charge in [0.25, 0.3) is 0 Å². The number of alkyl carbamates (subject to hydrolysis) is 1. The third kappa shape index (κ3) is 10.1. The van der Waals surface area contributed by atoms with Gasteiger partial charge in [-0.2, -0.15) is 0 Å². The smallest absolute Gasteiger partial charge is 0.407 e. The van der Waals surface area contributed by atoms with Crippen LogP contribution in [0.15, 0.2) is 4.99 Å². The van der Waals surface area contributed by atoms with Gasteiger partial charge in [-0.25, -0.2) is 9.78 Å². The second-order valence-corrected chi connectivity index (χ2v) is 8.83. The minimum atomic E-state index is -0.513. The number of hydrogen-bond donors (Lipinski definition) is 3. The number of aliphatic imine (C=N–C) groups is 1. The van der Waals surface area contributed by atoms with E-state index in [2.05, 4.69) is 39.8 Å². The van der Waals surface area contributed by atoms with Crippen molar-refractivity contribution in [2.45, 2.75) is 66.7 Å². The molecule has 3 N–H and O–H groups in total. The molecule has 0 saturated heterocycles. The molecule has 1 aromatic rings. The molecule has 0 saturated carbocycles. The third-order valence-electron chi connectivity index (χ3n) is 3.64. The summed E-state index contributed by atoms with van der Waals surface area (Å²) in [4.78, 5) is 21.9. The van der Waals surface area contributed by atoms with Crippen LogP contribution in [0.2, 0.25) is 0 Å². The highest BCUT2D eigenvalue weighted by Crippen LogP contribution is 2.16. The van der Waals surface area contributed by atoms with E-state index in [0.717, 1.165) is 10.7 Å². The van der Waals surface area contributed by atoms with Gasteiger partial charge < -0.3 is 20.7 Å². The first-order valence-corrected chi connectivity index (χ1v) is 9.70. The number of ether oxygens (including phenoxy) is 1. The van der Waals surface area contributed by atoms with Crippen molar-refractivity contribution in [3.63, 3.8) is 0 Å². The molecule has 156 valence electrons. The van der Waals surface area contributed by atoms with Crippen molar-refractivity contribution >= 4 is 47.4 Å². The molecule has 1 amide bonds. The maximum absolute atomic E-state index is 12.0. The summed E-state index contributed by atoms with van der Waals surface area (Å²) in [6.45, 7) is 14.9. The molecule has 9 heteroatoms. The summed E-state index contributed by atoms with van der Waals surface area (Å²) < 4.78 is 5.34. The van der Waals surface area contributed by atoms with E-state index < -0.39 is 11.7 Å². The summed E-state index contributed by atoms with van der Waals surface area (Å²) in [7, 11) is 1.73. The summed E-state index contributed by atoms with van der Waals surface area (Å²) in [5, 5.41) is 10.5. The molecule has 1 unspecified atom stereocenters. The maximum Gasteiger partial charge on any atom is 0.407 e. The number of halogens is 1. The van der Waals surface area contributed by atoms with E-state index in [-0.39, 0.29) is 35.9 Å². The molecule has 27 heavy (non-hydrogen) atoms. The molecule has 1 atom stereocenters. The quantitative estimate of drug-likeness (QED) is 0.309. The van der Waals surface area contributed by atoms with Crippen molar-refractivity contribution in [3.8, 4) is 0 Å². The minimum absolute atomic E-state index is 0. The number of hydrogen-bond acceptors (Lipinski definition) is 5. The van der Waals surface area contributed by atoms with Crippen molar-refractivity contribution in [3.05, 3.63) is 15.6 Å². The predicted molar refractivity (Wildman–Crippen MR) is 123 cm³/mol. The molecule has 0 aliphatic rings. The Hall–Kier alpha value is -1.10. The molecule has 0 fully saturated rings. The SMILES string of the molecule is CN=C(NCc1sc(C)nc1C)NCC(NC(=O)OC(C)(C)C)C(C)C.I. The number of carbonyl (C=O) groups excluding carboxylic acids is 1. The Balaban J connectivity index is 0.00000676. The number of rotatable bonds is 6. The fourth-order valence-electron chi connectivity index (χ4n) is 2.24. The van der Waals surface area contributed by atoms with Gasteiger partial charge in [0.05, 0.1) is 23.3 Å². The number of guanidine groups is 1. The van der Waals surface area contributed by atoms with Gasteiger partial charge in [-0.05, 0) is 40.5 Å². The topological polar surface area (TPSA) is 87.6 Å². The van der Waals surface area contributed by atoms with Crippen molar-refractivity contribution < 1.29 is 9.53 Å². The van der Waals surface area contributed by atoms with Crippen LogP contribution in [0.3, 0.4) is 0 Å². The molecule has 1 heterocycles. The van der Waals surface area contributed by atoms with Crippen LogP contribution in [0, 0.1) is 19.8 Å². The molecule has 1 rings (SSSR count). The van der Waals surface area contributed by atoms with Crippen molar-refractivity contribution in [1.82, 2.24) is 20.9 Å². The molecular formula is C18H34IN5O2S. The van der Waals surface area contributed by atoms with Gasteiger partial charge in [-0.15, -0.1) is 35.3 Å². The van der Waals surface area contributed by atoms with Gasteiger partial charge in [0, 0.05) is 18.5 Å². The van der Waals surface area contributed by atoms with E-state index in [1.165, 1.54) is 4.88 Å². The zero-order chi connectivity index (χ0) is 19.9. The minimum Gasteiger partial charge on any atom is -0.444 e. The lowest BCUT2D eigenvalue weighted by atomic mass is 10.0. The number of aryl methyl sites for hydroxylation is 2. The normalized spacial score (nSPS) is 13.0. The van der Waals surface area contributed by atoms with Gasteiger partial charge in [0.15, 0.2) is 5.96 Å². The molecule has 0 aromatic carbocycles. The molecule has 7 nitrogen and oxygen atoms in total. The fraction of sp³-hybridized carbons (Fsp3) is 0.722. The Kier molecular flexibility index (Phi) is 11.2. The third-order valence-corrected chi connectivity index (χ3v) is 4.71. The van der Waals surface area contributed by atoms with Crippen LogP contribution in [0.25, 0.3) is 0 Å². The van der Waals surface area contributed by atoms with E-state index >= 15 is 0 Å². The van der Waals surface area contributed by atoms with Crippen LogP contribution in [0.5, 0.6) is 0 Å². The Bertz CT molecular complexity index is 626. The van der Waals surface area contributed by atoms with E-state index in [1.54, 1.807) is 18.4 Å². The maximum atomic E-state index is 12.0. The summed E-state index contributed by atoms with van der Waals surface area (Å²) in [5.74, 6) is 0.937. The zero-order valence-electron chi connectivity index (χ0n) is 17.6. The highest BCUT2D eigenvalue weighted by molar-refractivity contribution is 14.0. The van der Waals surface area contributed by atoms with Crippen molar-refractivity contribution in [2.24, 2.45) is 10.9 Å². The standard InChI is InChI=1S/C18H33N5O2S.HI/c1-11(2)14(23-17(24)25-18(5,6)7)9-20-16(19-8)21-10-15-12(3)22-13(4)26-15;/h11,14H,9-10H2,1-8H3,(H,23,24)(H2,19,20,21);1H. The predicted octanol–water partition coefficient (Wildman–Crippen LogP) is 3.59. The van der Waals surface area contributed by atoms with Crippen LogP contribution in [0.4, 0.5) is 4.79 Å². The van der Waals surface area contributed by atoms with E-state index in [0.29, 0.717) is 19.0 Å². The summed E-state index contributed by atoms with van der Waals surface area (Å²) in [6, 6.07) is -0.0733. The molecule has 0 spiro atoms. The Labute approximate surface area is 184 Å². The Morgan fingerprint density at radius 2 is 1.89 bits per heavy atom. The van der Waals surface area contributed by atoms with E-state index in [4.69, 9.17) is 4.74 Å². The van der Waals surface area contributed by atoms with Gasteiger partial charge in [0.1, 0.15) is 5.60 Å². The first kappa shape index (κ1) is 25.9. The lowest BCUT2D eigenvalue weighted by Crippen LogP contribution is -2.50. The highest BCUT2D eigenvalue weighted by Gasteiger charge is 2.21. The monoisotopic (exact) mass is 511 g/mol. The van der Waals surface area contributed by atoms with E-state index in [1.807, 2.05) is 34.6 Å². The molecule has 1 aromatic heterocycles. The Morgan fingerprint density at radius 3 is 2.33 bits per heavy atom. The van der Waals surface area contributed by atoms with E-state index in [9.17, 15) is 4.79 Å². The molecule has 0 aliphatic heterocycles. The number of carbonyl (C=O) groups is 1. The van der Waals surface area contributed by atoms with Gasteiger partial charge in [-0.3, -0.25) is 4.99 Å². The number of nitrogens with zero attached hydrogens (tertiary/aromatic N) is 2. The summed E-state index contributed by atoms with van der Waals surface area (Å²) in [5.41, 5.74) is 0.531. The van der Waals surface area contributed by atoms with Crippen molar-refractivity contribution in [2.75, 3.05) is 13.6 Å². The lowest BCUT2D eigenvalue weighted by molar-refractivity contribution is 0.0491. The van der Waals surface area contributed by atoms with Crippen LogP contribution >= 0.6 is 35.3 Å². The second-order valence-electron chi connectivity index (χ2n) is 7.54. The van der Waals surface area contributed by atoms with Crippen molar-refractivity contribution in [1.29, 1.82) is 0 Å². The van der Waals surface area contributed by atoms with Crippen LogP contribution in [-0.4, -0.2) is 42.3 Å². The van der Waals surface area contributed by atoms with Crippen LogP contribution in [-0.2, 0) is 11.3 Å². The highest BCUT2D eigenvalue weighted by atomic mass is 127. The summed E-state index contributed by atoms with van der Waals surface area (Å²) in [6.07, 6.45) is -0.406. The first-order valence-electron chi connectivity index (χ1n) is 8.88. The Morgan fingerprint density at radius 1 is 1.26 bits per heavy atom. The number of nitrogens with one attached hydrogen (secondary N) is 3. The van der Waals surface area contributed by atoms with Gasteiger partial charge in [0.2, 0.25) is 0 Å². The number of thiazole rings is 1. The molecule has 0 bridgehead atoms. The average molecular weight is 511 g/mol. The average Bonchev–Trinajstić information content (AvgIpc) is 2.81. The molecule has 0 radical (unpaired) electrons. The zero-order valence-corrected chi connectivity index (χ0v) is 20.7. The number of aromatic nitrogens is 1. The second kappa shape index (κ2) is 11.7. The van der Waals surface area contributed by atoms with Gasteiger partial charge in [-0.1, -0.05) is 13.8 Å². The van der Waals surface area contributed by atoms with Crippen LogP contribution < -0.4 is 16.0 Å². The van der Waals surface area contributed by atoms with Crippen LogP contribution in [0.1, 0.15) is 50.2 Å². The fourth-order valence-corrected chi connectivity index (χ4v) is 3.12. The number of amides is 1. The molecular weight excluding hydrogens is 477 g/mol. The first-order chi connectivity index (χ1) is 12.0. The molecule has 0 aliphatic carbocycles. The lowest BCUT2D eigenvalue weighted by Gasteiger charge is -2.26. The summed E-state index contributed by atoms with van der Waals surface area (Å²) >= 11 is 1.68.